The lowest BCUT2D eigenvalue weighted by atomic mass is 10.1. The number of H-pyrrole nitrogens is 1. The molecule has 0 aliphatic heterocycles. The van der Waals surface area contributed by atoms with E-state index >= 15 is 0 Å². The lowest BCUT2D eigenvalue weighted by molar-refractivity contribution is 0.717. The summed E-state index contributed by atoms with van der Waals surface area (Å²) >= 11 is 0. The van der Waals surface area contributed by atoms with E-state index in [0.717, 1.165) is 12.1 Å². The molecular formula is C10H16N2. The molecule has 0 spiro atoms. The standard InChI is InChI=1S/C10H16N2/c1-2-3-4-5-9-6-7-12-10(9)8-11/h6-8,11-12H,2-5H2,1H3. The van der Waals surface area contributed by atoms with Crippen LogP contribution < -0.4 is 0 Å². The first-order valence-corrected chi connectivity index (χ1v) is 4.55. The predicted octanol–water partition coefficient (Wildman–Crippen LogP) is 2.75. The van der Waals surface area contributed by atoms with Crippen LogP contribution >= 0.6 is 0 Å². The molecule has 0 atom stereocenters. The van der Waals surface area contributed by atoms with Crippen LogP contribution in [0, 0.1) is 5.41 Å². The van der Waals surface area contributed by atoms with E-state index < -0.39 is 0 Å². The molecule has 0 fully saturated rings. The van der Waals surface area contributed by atoms with E-state index in [1.54, 1.807) is 0 Å². The Morgan fingerprint density at radius 2 is 2.33 bits per heavy atom. The first-order valence-electron chi connectivity index (χ1n) is 4.55. The van der Waals surface area contributed by atoms with Crippen LogP contribution in [0.2, 0.25) is 0 Å². The third-order valence-corrected chi connectivity index (χ3v) is 2.06. The summed E-state index contributed by atoms with van der Waals surface area (Å²) in [6.45, 7) is 2.20. The fraction of sp³-hybridized carbons (Fsp3) is 0.500. The highest BCUT2D eigenvalue weighted by Crippen LogP contribution is 2.09. The summed E-state index contributed by atoms with van der Waals surface area (Å²) in [5.41, 5.74) is 2.24. The minimum atomic E-state index is 0.964. The van der Waals surface area contributed by atoms with Crippen molar-refractivity contribution >= 4 is 6.21 Å². The van der Waals surface area contributed by atoms with Crippen LogP contribution in [-0.4, -0.2) is 11.2 Å². The van der Waals surface area contributed by atoms with Gasteiger partial charge in [-0.25, -0.2) is 0 Å². The monoisotopic (exact) mass is 164 g/mol. The van der Waals surface area contributed by atoms with Crippen LogP contribution in [0.1, 0.15) is 37.4 Å². The van der Waals surface area contributed by atoms with Crippen LogP contribution in [0.3, 0.4) is 0 Å². The average molecular weight is 164 g/mol. The Kier molecular flexibility index (Phi) is 3.58. The van der Waals surface area contributed by atoms with Gasteiger partial charge in [0.1, 0.15) is 0 Å². The molecule has 1 rings (SSSR count). The molecule has 0 saturated heterocycles. The first-order chi connectivity index (χ1) is 5.88. The number of aromatic nitrogens is 1. The molecule has 2 nitrogen and oxygen atoms in total. The molecule has 0 aromatic carbocycles. The second-order valence-electron chi connectivity index (χ2n) is 3.02. The Bertz CT molecular complexity index is 238. The molecule has 66 valence electrons. The number of rotatable bonds is 5. The van der Waals surface area contributed by atoms with Crippen molar-refractivity contribution in [2.24, 2.45) is 0 Å². The van der Waals surface area contributed by atoms with Crippen molar-refractivity contribution in [1.82, 2.24) is 4.98 Å². The van der Waals surface area contributed by atoms with E-state index in [2.05, 4.69) is 18.0 Å². The third-order valence-electron chi connectivity index (χ3n) is 2.06. The molecule has 0 aliphatic rings. The highest BCUT2D eigenvalue weighted by Gasteiger charge is 1.99. The number of nitrogens with one attached hydrogen (secondary N) is 2. The molecule has 2 N–H and O–H groups in total. The third kappa shape index (κ3) is 2.22. The van der Waals surface area contributed by atoms with Crippen molar-refractivity contribution in [3.63, 3.8) is 0 Å². The molecule has 2 heteroatoms. The highest BCUT2D eigenvalue weighted by atomic mass is 14.7. The summed E-state index contributed by atoms with van der Waals surface area (Å²) in [5, 5.41) is 7.13. The van der Waals surface area contributed by atoms with E-state index in [-0.39, 0.29) is 0 Å². The van der Waals surface area contributed by atoms with Crippen LogP contribution in [0.4, 0.5) is 0 Å². The lowest BCUT2D eigenvalue weighted by Crippen LogP contribution is -1.89. The molecule has 0 aliphatic carbocycles. The molecule has 12 heavy (non-hydrogen) atoms. The first kappa shape index (κ1) is 9.04. The van der Waals surface area contributed by atoms with Crippen molar-refractivity contribution in [3.05, 3.63) is 23.5 Å². The van der Waals surface area contributed by atoms with Crippen LogP contribution in [0.5, 0.6) is 0 Å². The fourth-order valence-corrected chi connectivity index (χ4v) is 1.33. The van der Waals surface area contributed by atoms with Crippen molar-refractivity contribution in [3.8, 4) is 0 Å². The fourth-order valence-electron chi connectivity index (χ4n) is 1.33. The Morgan fingerprint density at radius 3 is 3.00 bits per heavy atom. The van der Waals surface area contributed by atoms with Gasteiger partial charge in [-0.1, -0.05) is 19.8 Å². The zero-order chi connectivity index (χ0) is 8.81. The zero-order valence-electron chi connectivity index (χ0n) is 7.56. The number of aromatic amines is 1. The second kappa shape index (κ2) is 4.75. The lowest BCUT2D eigenvalue weighted by Gasteiger charge is -1.97. The molecule has 1 heterocycles. The van der Waals surface area contributed by atoms with Gasteiger partial charge in [-0.05, 0) is 24.5 Å². The summed E-state index contributed by atoms with van der Waals surface area (Å²) in [7, 11) is 0. The summed E-state index contributed by atoms with van der Waals surface area (Å²) in [4.78, 5) is 3.04. The minimum Gasteiger partial charge on any atom is -0.360 e. The van der Waals surface area contributed by atoms with E-state index in [1.807, 2.05) is 6.20 Å². The zero-order valence-corrected chi connectivity index (χ0v) is 7.56. The number of aryl methyl sites for hydroxylation is 1. The molecular weight excluding hydrogens is 148 g/mol. The van der Waals surface area contributed by atoms with Crippen LogP contribution in [0.15, 0.2) is 12.3 Å². The maximum atomic E-state index is 7.13. The number of hydrogen-bond donors (Lipinski definition) is 2. The minimum absolute atomic E-state index is 0.964. The number of unbranched alkanes of at least 4 members (excludes halogenated alkanes) is 2. The second-order valence-corrected chi connectivity index (χ2v) is 3.02. The molecule has 1 aromatic heterocycles. The van der Waals surface area contributed by atoms with Crippen LogP contribution in [-0.2, 0) is 6.42 Å². The maximum Gasteiger partial charge on any atom is 0.0591 e. The molecule has 0 bridgehead atoms. The Morgan fingerprint density at radius 1 is 1.50 bits per heavy atom. The van der Waals surface area contributed by atoms with Crippen molar-refractivity contribution in [2.75, 3.05) is 0 Å². The number of hydrogen-bond acceptors (Lipinski definition) is 1. The average Bonchev–Trinajstić information content (AvgIpc) is 2.52. The largest absolute Gasteiger partial charge is 0.360 e. The predicted molar refractivity (Wildman–Crippen MR) is 51.9 cm³/mol. The van der Waals surface area contributed by atoms with E-state index in [1.165, 1.54) is 31.0 Å². The molecule has 0 unspecified atom stereocenters. The van der Waals surface area contributed by atoms with Gasteiger partial charge >= 0.3 is 0 Å². The van der Waals surface area contributed by atoms with Gasteiger partial charge in [0.15, 0.2) is 0 Å². The SMILES string of the molecule is CCCCCc1cc[nH]c1C=N. The normalized spacial score (nSPS) is 10.1. The Labute approximate surface area is 73.5 Å². The van der Waals surface area contributed by atoms with Gasteiger partial charge in [-0.2, -0.15) is 0 Å². The Hall–Kier alpha value is -1.05. The summed E-state index contributed by atoms with van der Waals surface area (Å²) in [5.74, 6) is 0. The Balaban J connectivity index is 2.45. The quantitative estimate of drug-likeness (QED) is 0.496. The van der Waals surface area contributed by atoms with Gasteiger partial charge in [0.25, 0.3) is 0 Å². The van der Waals surface area contributed by atoms with Gasteiger partial charge in [0, 0.05) is 12.4 Å². The molecule has 0 amide bonds. The smallest absolute Gasteiger partial charge is 0.0591 e. The molecule has 0 saturated carbocycles. The maximum absolute atomic E-state index is 7.13. The van der Waals surface area contributed by atoms with Gasteiger partial charge in [0.2, 0.25) is 0 Å². The van der Waals surface area contributed by atoms with Crippen molar-refractivity contribution < 1.29 is 0 Å². The van der Waals surface area contributed by atoms with Gasteiger partial charge in [0.05, 0.1) is 5.69 Å². The summed E-state index contributed by atoms with van der Waals surface area (Å²) in [6.07, 6.45) is 8.16. The summed E-state index contributed by atoms with van der Waals surface area (Å²) < 4.78 is 0. The molecule has 1 aromatic rings. The van der Waals surface area contributed by atoms with Gasteiger partial charge in [-0.3, -0.25) is 0 Å². The van der Waals surface area contributed by atoms with Gasteiger partial charge < -0.3 is 10.4 Å². The highest BCUT2D eigenvalue weighted by molar-refractivity contribution is 5.76. The molecule has 0 radical (unpaired) electrons. The van der Waals surface area contributed by atoms with E-state index in [4.69, 9.17) is 5.41 Å². The van der Waals surface area contributed by atoms with Crippen molar-refractivity contribution in [2.45, 2.75) is 32.6 Å². The van der Waals surface area contributed by atoms with Crippen LogP contribution in [0.25, 0.3) is 0 Å². The van der Waals surface area contributed by atoms with Gasteiger partial charge in [-0.15, -0.1) is 0 Å². The van der Waals surface area contributed by atoms with E-state index in [9.17, 15) is 0 Å². The summed E-state index contributed by atoms with van der Waals surface area (Å²) in [6, 6.07) is 2.07. The topological polar surface area (TPSA) is 39.6 Å². The van der Waals surface area contributed by atoms with E-state index in [0.29, 0.717) is 0 Å². The van der Waals surface area contributed by atoms with Crippen molar-refractivity contribution in [1.29, 1.82) is 5.41 Å².